The molecule has 1 aromatic carbocycles. The number of sulfonamides is 1. The van der Waals surface area contributed by atoms with E-state index >= 15 is 0 Å². The number of nitrogens with one attached hydrogen (secondary N) is 1. The third kappa shape index (κ3) is 4.09. The molecule has 0 heterocycles. The van der Waals surface area contributed by atoms with Crippen LogP contribution in [0.25, 0.3) is 0 Å². The average Bonchev–Trinajstić information content (AvgIpc) is 2.19. The first-order chi connectivity index (χ1) is 7.03. The first kappa shape index (κ1) is 11.7. The highest BCUT2D eigenvalue weighted by molar-refractivity contribution is 7.88. The highest BCUT2D eigenvalue weighted by Crippen LogP contribution is 2.00. The molecule has 0 saturated heterocycles. The van der Waals surface area contributed by atoms with Crippen molar-refractivity contribution in [2.75, 3.05) is 12.9 Å². The second-order valence-electron chi connectivity index (χ2n) is 2.95. The lowest BCUT2D eigenvalue weighted by Gasteiger charge is -2.03. The Kier molecular flexibility index (Phi) is 3.81. The van der Waals surface area contributed by atoms with Crippen molar-refractivity contribution >= 4 is 15.7 Å². The van der Waals surface area contributed by atoms with E-state index in [9.17, 15) is 8.42 Å². The molecule has 5 nitrogen and oxygen atoms in total. The normalized spacial score (nSPS) is 12.5. The largest absolute Gasteiger partial charge is 0.390 e. The minimum atomic E-state index is -3.39. The van der Waals surface area contributed by atoms with Crippen molar-refractivity contribution in [1.82, 2.24) is 4.83 Å². The lowest BCUT2D eigenvalue weighted by atomic mass is 10.1. The van der Waals surface area contributed by atoms with Gasteiger partial charge >= 0.3 is 0 Å². The summed E-state index contributed by atoms with van der Waals surface area (Å²) in [4.78, 5) is 1.97. The van der Waals surface area contributed by atoms with Crippen LogP contribution in [-0.2, 0) is 10.0 Å². The number of benzene rings is 1. The predicted octanol–water partition coefficient (Wildman–Crippen LogP) is -0.0678. The van der Waals surface area contributed by atoms with Crippen LogP contribution < -0.4 is 4.83 Å². The number of aliphatic hydroxyl groups is 1. The Bertz CT molecular complexity index is 440. The standard InChI is InChI=1S/C9H12N2O3S/c1-15(13,14)11-10-9(7-12)8-5-3-2-4-6-8/h2-6,11-12H,7H2,1H3/b10-9+. The summed E-state index contributed by atoms with van der Waals surface area (Å²) in [5, 5.41) is 12.6. The van der Waals surface area contributed by atoms with Gasteiger partial charge in [0.2, 0.25) is 10.0 Å². The molecule has 0 amide bonds. The molecule has 0 fully saturated rings. The van der Waals surface area contributed by atoms with Crippen LogP contribution in [0.4, 0.5) is 0 Å². The number of hydrogen-bond donors (Lipinski definition) is 2. The quantitative estimate of drug-likeness (QED) is 0.559. The van der Waals surface area contributed by atoms with Crippen LogP contribution in [0.15, 0.2) is 35.4 Å². The number of rotatable bonds is 4. The zero-order valence-corrected chi connectivity index (χ0v) is 9.03. The fraction of sp³-hybridized carbons (Fsp3) is 0.222. The number of hydrazone groups is 1. The van der Waals surface area contributed by atoms with E-state index in [2.05, 4.69) is 5.10 Å². The topological polar surface area (TPSA) is 78.8 Å². The van der Waals surface area contributed by atoms with E-state index in [1.54, 1.807) is 24.3 Å². The summed E-state index contributed by atoms with van der Waals surface area (Å²) in [6.07, 6.45) is 0.997. The predicted molar refractivity (Wildman–Crippen MR) is 58.0 cm³/mol. The van der Waals surface area contributed by atoms with Gasteiger partial charge in [0.25, 0.3) is 0 Å². The van der Waals surface area contributed by atoms with E-state index in [0.29, 0.717) is 5.56 Å². The van der Waals surface area contributed by atoms with Gasteiger partial charge in [-0.1, -0.05) is 30.3 Å². The lowest BCUT2D eigenvalue weighted by Crippen LogP contribution is -2.20. The van der Waals surface area contributed by atoms with Gasteiger partial charge in [-0.05, 0) is 0 Å². The Hall–Kier alpha value is -1.40. The van der Waals surface area contributed by atoms with Gasteiger partial charge in [-0.25, -0.2) is 13.2 Å². The van der Waals surface area contributed by atoms with Crippen LogP contribution in [0.1, 0.15) is 5.56 Å². The van der Waals surface area contributed by atoms with Crippen LogP contribution in [0, 0.1) is 0 Å². The molecule has 0 unspecified atom stereocenters. The summed E-state index contributed by atoms with van der Waals surface area (Å²) in [6, 6.07) is 8.85. The van der Waals surface area contributed by atoms with Crippen molar-refractivity contribution in [3.8, 4) is 0 Å². The third-order valence-electron chi connectivity index (χ3n) is 1.60. The summed E-state index contributed by atoms with van der Waals surface area (Å²) < 4.78 is 21.6. The van der Waals surface area contributed by atoms with Gasteiger partial charge in [0.15, 0.2) is 0 Å². The SMILES string of the molecule is CS(=O)(=O)N/N=C(\CO)c1ccccc1. The van der Waals surface area contributed by atoms with Crippen molar-refractivity contribution in [3.05, 3.63) is 35.9 Å². The van der Waals surface area contributed by atoms with Crippen molar-refractivity contribution in [1.29, 1.82) is 0 Å². The van der Waals surface area contributed by atoms with Gasteiger partial charge < -0.3 is 5.11 Å². The minimum absolute atomic E-state index is 0.279. The summed E-state index contributed by atoms with van der Waals surface area (Å²) in [5.74, 6) is 0. The molecule has 1 rings (SSSR count). The molecule has 0 aliphatic carbocycles. The highest BCUT2D eigenvalue weighted by Gasteiger charge is 2.03. The summed E-state index contributed by atoms with van der Waals surface area (Å²) in [6.45, 7) is -0.327. The fourth-order valence-corrected chi connectivity index (χ4v) is 1.24. The van der Waals surface area contributed by atoms with Gasteiger partial charge in [0.05, 0.1) is 18.6 Å². The molecule has 0 aromatic heterocycles. The Morgan fingerprint density at radius 1 is 1.40 bits per heavy atom. The zero-order valence-electron chi connectivity index (χ0n) is 8.21. The van der Waals surface area contributed by atoms with Crippen LogP contribution in [0.5, 0.6) is 0 Å². The van der Waals surface area contributed by atoms with Crippen LogP contribution in [-0.4, -0.2) is 32.1 Å². The first-order valence-corrected chi connectivity index (χ1v) is 6.11. The van der Waals surface area contributed by atoms with Crippen molar-refractivity contribution in [2.24, 2.45) is 5.10 Å². The molecule has 15 heavy (non-hydrogen) atoms. The summed E-state index contributed by atoms with van der Waals surface area (Å²) in [7, 11) is -3.39. The maximum absolute atomic E-state index is 10.8. The number of hydrogen-bond acceptors (Lipinski definition) is 4. The molecule has 0 spiro atoms. The second kappa shape index (κ2) is 4.90. The molecule has 2 N–H and O–H groups in total. The van der Waals surface area contributed by atoms with E-state index in [0.717, 1.165) is 6.26 Å². The van der Waals surface area contributed by atoms with Gasteiger partial charge in [-0.2, -0.15) is 5.10 Å². The zero-order chi connectivity index (χ0) is 11.3. The molecule has 6 heteroatoms. The Morgan fingerprint density at radius 3 is 2.47 bits per heavy atom. The van der Waals surface area contributed by atoms with E-state index in [-0.39, 0.29) is 12.3 Å². The fourth-order valence-electron chi connectivity index (χ4n) is 0.960. The average molecular weight is 228 g/mol. The second-order valence-corrected chi connectivity index (χ2v) is 4.67. The van der Waals surface area contributed by atoms with E-state index in [1.165, 1.54) is 0 Å². The maximum Gasteiger partial charge on any atom is 0.244 e. The summed E-state index contributed by atoms with van der Waals surface area (Å²) >= 11 is 0. The molecule has 0 aliphatic rings. The van der Waals surface area contributed by atoms with E-state index < -0.39 is 10.0 Å². The van der Waals surface area contributed by atoms with Crippen LogP contribution in [0.2, 0.25) is 0 Å². The molecule has 82 valence electrons. The molecular formula is C9H12N2O3S. The number of nitrogens with zero attached hydrogens (tertiary/aromatic N) is 1. The summed E-state index contributed by atoms with van der Waals surface area (Å²) in [5.41, 5.74) is 0.956. The van der Waals surface area contributed by atoms with E-state index in [4.69, 9.17) is 5.11 Å². The Morgan fingerprint density at radius 2 is 2.00 bits per heavy atom. The van der Waals surface area contributed by atoms with Crippen molar-refractivity contribution in [2.45, 2.75) is 0 Å². The maximum atomic E-state index is 10.8. The molecule has 0 radical (unpaired) electrons. The van der Waals surface area contributed by atoms with Gasteiger partial charge in [0.1, 0.15) is 0 Å². The monoisotopic (exact) mass is 228 g/mol. The molecular weight excluding hydrogens is 216 g/mol. The van der Waals surface area contributed by atoms with Gasteiger partial charge in [0, 0.05) is 5.56 Å². The smallest absolute Gasteiger partial charge is 0.244 e. The molecule has 0 bridgehead atoms. The Labute approximate surface area is 88.5 Å². The highest BCUT2D eigenvalue weighted by atomic mass is 32.2. The minimum Gasteiger partial charge on any atom is -0.390 e. The van der Waals surface area contributed by atoms with Crippen molar-refractivity contribution in [3.63, 3.8) is 0 Å². The third-order valence-corrected chi connectivity index (χ3v) is 2.03. The molecule has 0 aliphatic heterocycles. The molecule has 0 saturated carbocycles. The van der Waals surface area contributed by atoms with Crippen LogP contribution >= 0.6 is 0 Å². The van der Waals surface area contributed by atoms with E-state index in [1.807, 2.05) is 10.9 Å². The molecule has 0 atom stereocenters. The van der Waals surface area contributed by atoms with Gasteiger partial charge in [-0.3, -0.25) is 0 Å². The first-order valence-electron chi connectivity index (χ1n) is 4.22. The van der Waals surface area contributed by atoms with Crippen molar-refractivity contribution < 1.29 is 13.5 Å². The van der Waals surface area contributed by atoms with Crippen LogP contribution in [0.3, 0.4) is 0 Å². The lowest BCUT2D eigenvalue weighted by molar-refractivity contribution is 0.357. The number of aliphatic hydroxyl groups excluding tert-OH is 1. The Balaban J connectivity index is 2.90. The van der Waals surface area contributed by atoms with Gasteiger partial charge in [-0.15, -0.1) is 0 Å². The molecule has 1 aromatic rings.